The molecule has 162 valence electrons. The van der Waals surface area contributed by atoms with Crippen molar-refractivity contribution in [3.63, 3.8) is 0 Å². The third kappa shape index (κ3) is 6.14. The first-order valence-electron chi connectivity index (χ1n) is 10.2. The molecule has 0 spiro atoms. The molecule has 2 heterocycles. The summed E-state index contributed by atoms with van der Waals surface area (Å²) in [5.74, 6) is 1.06. The fourth-order valence-corrected chi connectivity index (χ4v) is 6.33. The summed E-state index contributed by atoms with van der Waals surface area (Å²) >= 11 is 8.82. The van der Waals surface area contributed by atoms with Gasteiger partial charge in [-0.2, -0.15) is 0 Å². The van der Waals surface area contributed by atoms with E-state index in [1.54, 1.807) is 24.3 Å². The van der Waals surface area contributed by atoms with Gasteiger partial charge in [-0.05, 0) is 101 Å². The quantitative estimate of drug-likeness (QED) is 0.466. The zero-order chi connectivity index (χ0) is 21.8. The third-order valence-corrected chi connectivity index (χ3v) is 9.08. The summed E-state index contributed by atoms with van der Waals surface area (Å²) in [6.07, 6.45) is 4.82. The maximum absolute atomic E-state index is 12.7. The van der Waals surface area contributed by atoms with Crippen LogP contribution in [-0.2, 0) is 22.4 Å². The summed E-state index contributed by atoms with van der Waals surface area (Å²) in [5.41, 5.74) is 7.54. The van der Waals surface area contributed by atoms with Crippen molar-refractivity contribution in [3.8, 4) is 0 Å². The molecule has 5 nitrogen and oxygen atoms in total. The van der Waals surface area contributed by atoms with Gasteiger partial charge in [0.25, 0.3) is 0 Å². The minimum absolute atomic E-state index is 0.000589. The Morgan fingerprint density at radius 1 is 1.33 bits per heavy atom. The van der Waals surface area contributed by atoms with Crippen LogP contribution in [0.5, 0.6) is 0 Å². The van der Waals surface area contributed by atoms with Crippen molar-refractivity contribution in [2.24, 2.45) is 11.8 Å². The number of anilines is 1. The number of hydrogen-bond acceptors (Lipinski definition) is 5. The standard InChI is InChI=1S/C22H27Br2N3O2S/c1-12-15(6-8-20(25)26-12)5-7-19(28)13(2)27-22(29)16-4-3-14(9-16)10-17-11-18(23)21(24)30-17/h6,8,11,13-14,16H,3-5,7,9-10H2,1-2H3,(H2,25,26)(H,27,29)/t13-,14+,16?/m0/s1. The van der Waals surface area contributed by atoms with Gasteiger partial charge in [-0.3, -0.25) is 9.59 Å². The Hall–Kier alpha value is -1.25. The second kappa shape index (κ2) is 10.4. The predicted molar refractivity (Wildman–Crippen MR) is 129 cm³/mol. The third-order valence-electron chi connectivity index (χ3n) is 5.80. The number of carbonyl (C=O) groups excluding carboxylic acids is 2. The number of halogens is 2. The van der Waals surface area contributed by atoms with Gasteiger partial charge in [0, 0.05) is 27.4 Å². The lowest BCUT2D eigenvalue weighted by atomic mass is 9.99. The monoisotopic (exact) mass is 555 g/mol. The van der Waals surface area contributed by atoms with Gasteiger partial charge in [0.05, 0.1) is 9.83 Å². The van der Waals surface area contributed by atoms with E-state index in [1.807, 2.05) is 13.0 Å². The molecule has 0 radical (unpaired) electrons. The second-order valence-corrected chi connectivity index (χ2v) is 11.4. The minimum atomic E-state index is -0.470. The average molecular weight is 557 g/mol. The number of nitrogens with zero attached hydrogens (tertiary/aromatic N) is 1. The van der Waals surface area contributed by atoms with Gasteiger partial charge in [-0.25, -0.2) is 4.98 Å². The summed E-state index contributed by atoms with van der Waals surface area (Å²) in [6, 6.07) is 5.35. The molecule has 1 aliphatic rings. The van der Waals surface area contributed by atoms with Gasteiger partial charge in [0.1, 0.15) is 5.82 Å². The number of amides is 1. The lowest BCUT2D eigenvalue weighted by molar-refractivity contribution is -0.129. The summed E-state index contributed by atoms with van der Waals surface area (Å²) in [6.45, 7) is 3.67. The molecule has 0 aromatic carbocycles. The van der Waals surface area contributed by atoms with E-state index in [0.717, 1.165) is 45.2 Å². The second-order valence-electron chi connectivity index (χ2n) is 8.09. The SMILES string of the molecule is Cc1nc(N)ccc1CCC(=O)[C@H](C)NC(=O)C1CC[C@@H](Cc2cc(Br)c(Br)s2)C1. The van der Waals surface area contributed by atoms with Crippen LogP contribution in [-0.4, -0.2) is 22.7 Å². The lowest BCUT2D eigenvalue weighted by Crippen LogP contribution is -2.41. The van der Waals surface area contributed by atoms with Crippen molar-refractivity contribution < 1.29 is 9.59 Å². The van der Waals surface area contributed by atoms with Gasteiger partial charge in [0.15, 0.2) is 5.78 Å². The summed E-state index contributed by atoms with van der Waals surface area (Å²) < 4.78 is 2.20. The molecule has 0 bridgehead atoms. The Morgan fingerprint density at radius 3 is 2.77 bits per heavy atom. The van der Waals surface area contributed by atoms with Crippen molar-refractivity contribution >= 4 is 60.7 Å². The van der Waals surface area contributed by atoms with Crippen molar-refractivity contribution in [1.82, 2.24) is 10.3 Å². The molecule has 30 heavy (non-hydrogen) atoms. The summed E-state index contributed by atoms with van der Waals surface area (Å²) in [5, 5.41) is 2.94. The number of nitrogens with one attached hydrogen (secondary N) is 1. The topological polar surface area (TPSA) is 85.1 Å². The van der Waals surface area contributed by atoms with Crippen LogP contribution < -0.4 is 11.1 Å². The van der Waals surface area contributed by atoms with Crippen LogP contribution in [0.4, 0.5) is 5.82 Å². The molecule has 2 aromatic heterocycles. The first-order valence-corrected chi connectivity index (χ1v) is 12.6. The first-order chi connectivity index (χ1) is 14.2. The predicted octanol–water partition coefficient (Wildman–Crippen LogP) is 5.22. The highest BCUT2D eigenvalue weighted by Crippen LogP contribution is 2.38. The van der Waals surface area contributed by atoms with Gasteiger partial charge in [0.2, 0.25) is 5.91 Å². The molecular formula is C22H27Br2N3O2S. The number of nitrogen functional groups attached to an aromatic ring is 1. The molecule has 8 heteroatoms. The van der Waals surface area contributed by atoms with Gasteiger partial charge in [-0.15, -0.1) is 11.3 Å². The van der Waals surface area contributed by atoms with E-state index in [0.29, 0.717) is 24.6 Å². The van der Waals surface area contributed by atoms with Crippen molar-refractivity contribution in [3.05, 3.63) is 42.6 Å². The van der Waals surface area contributed by atoms with E-state index in [9.17, 15) is 9.59 Å². The zero-order valence-electron chi connectivity index (χ0n) is 17.2. The van der Waals surface area contributed by atoms with E-state index < -0.39 is 6.04 Å². The van der Waals surface area contributed by atoms with Gasteiger partial charge in [-0.1, -0.05) is 6.07 Å². The fourth-order valence-electron chi connectivity index (χ4n) is 4.03. The molecule has 2 aromatic rings. The van der Waals surface area contributed by atoms with Gasteiger partial charge < -0.3 is 11.1 Å². The normalized spacial score (nSPS) is 19.6. The molecular weight excluding hydrogens is 530 g/mol. The average Bonchev–Trinajstić information content (AvgIpc) is 3.27. The summed E-state index contributed by atoms with van der Waals surface area (Å²) in [7, 11) is 0. The van der Waals surface area contributed by atoms with Crippen molar-refractivity contribution in [2.45, 2.75) is 58.4 Å². The molecule has 0 aliphatic heterocycles. The van der Waals surface area contributed by atoms with Crippen LogP contribution in [0.2, 0.25) is 0 Å². The van der Waals surface area contributed by atoms with E-state index in [4.69, 9.17) is 5.73 Å². The highest BCUT2D eigenvalue weighted by atomic mass is 79.9. The number of pyridine rings is 1. The maximum atomic E-state index is 12.7. The largest absolute Gasteiger partial charge is 0.384 e. The van der Waals surface area contributed by atoms with Crippen molar-refractivity contribution in [1.29, 1.82) is 0 Å². The number of rotatable bonds is 8. The molecule has 1 saturated carbocycles. The number of aromatic nitrogens is 1. The molecule has 1 amide bonds. The molecule has 3 N–H and O–H groups in total. The Labute approximate surface area is 198 Å². The van der Waals surface area contributed by atoms with Crippen molar-refractivity contribution in [2.75, 3.05) is 5.73 Å². The number of carbonyl (C=O) groups is 2. The smallest absolute Gasteiger partial charge is 0.223 e. The molecule has 3 atom stereocenters. The number of hydrogen-bond donors (Lipinski definition) is 2. The van der Waals surface area contributed by atoms with Crippen LogP contribution in [0, 0.1) is 18.8 Å². The number of aryl methyl sites for hydroxylation is 2. The van der Waals surface area contributed by atoms with E-state index in [1.165, 1.54) is 4.88 Å². The van der Waals surface area contributed by atoms with Gasteiger partial charge >= 0.3 is 0 Å². The highest BCUT2D eigenvalue weighted by molar-refractivity contribution is 9.13. The fraction of sp³-hybridized carbons (Fsp3) is 0.500. The van der Waals surface area contributed by atoms with Crippen LogP contribution in [0.1, 0.15) is 48.7 Å². The molecule has 1 unspecified atom stereocenters. The van der Waals surface area contributed by atoms with Crippen LogP contribution in [0.15, 0.2) is 26.5 Å². The Bertz CT molecular complexity index is 912. The number of nitrogens with two attached hydrogens (primary N) is 1. The van der Waals surface area contributed by atoms with Crippen LogP contribution in [0.3, 0.4) is 0 Å². The summed E-state index contributed by atoms with van der Waals surface area (Å²) in [4.78, 5) is 30.8. The van der Waals surface area contributed by atoms with E-state index in [2.05, 4.69) is 48.2 Å². The van der Waals surface area contributed by atoms with Crippen LogP contribution >= 0.6 is 43.2 Å². The molecule has 3 rings (SSSR count). The Morgan fingerprint density at radius 2 is 2.10 bits per heavy atom. The Balaban J connectivity index is 1.45. The Kier molecular flexibility index (Phi) is 8.10. The molecule has 1 aliphatic carbocycles. The number of ketones is 1. The minimum Gasteiger partial charge on any atom is -0.384 e. The van der Waals surface area contributed by atoms with E-state index >= 15 is 0 Å². The zero-order valence-corrected chi connectivity index (χ0v) is 21.2. The van der Waals surface area contributed by atoms with E-state index in [-0.39, 0.29) is 17.6 Å². The molecule has 1 fully saturated rings. The number of thiophene rings is 1. The lowest BCUT2D eigenvalue weighted by Gasteiger charge is -2.17. The highest BCUT2D eigenvalue weighted by Gasteiger charge is 2.31. The number of Topliss-reactive ketones (excluding diaryl/α,β-unsaturated/α-hetero) is 1. The molecule has 0 saturated heterocycles. The maximum Gasteiger partial charge on any atom is 0.223 e. The van der Waals surface area contributed by atoms with Crippen LogP contribution in [0.25, 0.3) is 0 Å². The first kappa shape index (κ1) is 23.4.